The number of aromatic nitrogens is 1. The Hall–Kier alpha value is -1.69. The van der Waals surface area contributed by atoms with Crippen molar-refractivity contribution in [3.05, 3.63) is 23.6 Å². The number of anilines is 1. The molecule has 0 aromatic carbocycles. The van der Waals surface area contributed by atoms with E-state index in [4.69, 9.17) is 5.84 Å². The Kier molecular flexibility index (Phi) is 3.00. The zero-order valence-electron chi connectivity index (χ0n) is 8.74. The van der Waals surface area contributed by atoms with E-state index in [-0.39, 0.29) is 17.3 Å². The normalized spacial score (nSPS) is 15.2. The summed E-state index contributed by atoms with van der Waals surface area (Å²) < 4.78 is 13.7. The number of pyridine rings is 1. The predicted octanol–water partition coefficient (Wildman–Crippen LogP) is 0.742. The van der Waals surface area contributed by atoms with Gasteiger partial charge >= 0.3 is 0 Å². The molecule has 5 nitrogen and oxygen atoms in total. The maximum Gasteiger partial charge on any atom is 0.257 e. The fourth-order valence-electron chi connectivity index (χ4n) is 1.80. The molecule has 0 unspecified atom stereocenters. The average Bonchev–Trinajstić information content (AvgIpc) is 2.82. The van der Waals surface area contributed by atoms with Crippen molar-refractivity contribution >= 4 is 11.7 Å². The van der Waals surface area contributed by atoms with Crippen LogP contribution in [0.2, 0.25) is 0 Å². The van der Waals surface area contributed by atoms with Crippen LogP contribution >= 0.6 is 0 Å². The zero-order valence-corrected chi connectivity index (χ0v) is 8.74. The highest BCUT2D eigenvalue weighted by Gasteiger charge is 2.23. The topological polar surface area (TPSA) is 71.2 Å². The molecule has 1 aliphatic heterocycles. The molecular formula is C10H13FN4O. The van der Waals surface area contributed by atoms with Crippen molar-refractivity contribution in [1.82, 2.24) is 9.88 Å². The van der Waals surface area contributed by atoms with E-state index in [1.165, 1.54) is 12.3 Å². The van der Waals surface area contributed by atoms with Gasteiger partial charge in [-0.15, -0.1) is 0 Å². The Balaban J connectivity index is 2.29. The number of carbonyl (C=O) groups is 1. The van der Waals surface area contributed by atoms with E-state index in [1.54, 1.807) is 4.90 Å². The molecule has 1 aromatic rings. The van der Waals surface area contributed by atoms with E-state index < -0.39 is 5.82 Å². The van der Waals surface area contributed by atoms with Crippen LogP contribution in [-0.4, -0.2) is 28.9 Å². The van der Waals surface area contributed by atoms with E-state index in [0.717, 1.165) is 12.8 Å². The molecule has 16 heavy (non-hydrogen) atoms. The molecule has 86 valence electrons. The molecule has 1 fully saturated rings. The summed E-state index contributed by atoms with van der Waals surface area (Å²) in [6.07, 6.45) is 3.31. The van der Waals surface area contributed by atoms with Crippen LogP contribution in [0.25, 0.3) is 0 Å². The Morgan fingerprint density at radius 2 is 2.19 bits per heavy atom. The molecular weight excluding hydrogens is 211 g/mol. The third kappa shape index (κ3) is 1.83. The lowest BCUT2D eigenvalue weighted by Gasteiger charge is -2.16. The van der Waals surface area contributed by atoms with Crippen molar-refractivity contribution in [2.24, 2.45) is 5.84 Å². The maximum absolute atomic E-state index is 13.7. The first-order chi connectivity index (χ1) is 7.74. The van der Waals surface area contributed by atoms with Crippen LogP contribution < -0.4 is 11.3 Å². The van der Waals surface area contributed by atoms with Crippen LogP contribution in [-0.2, 0) is 0 Å². The number of hydrogen-bond donors (Lipinski definition) is 2. The summed E-state index contributed by atoms with van der Waals surface area (Å²) in [6, 6.07) is 1.37. The lowest BCUT2D eigenvalue weighted by Crippen LogP contribution is -2.29. The van der Waals surface area contributed by atoms with E-state index in [2.05, 4.69) is 10.4 Å². The number of nitrogens with zero attached hydrogens (tertiary/aromatic N) is 2. The molecule has 0 atom stereocenters. The minimum atomic E-state index is -0.693. The minimum Gasteiger partial charge on any atom is -0.339 e. The Labute approximate surface area is 92.4 Å². The molecule has 0 radical (unpaired) electrons. The number of carbonyl (C=O) groups excluding carboxylic acids is 1. The highest BCUT2D eigenvalue weighted by atomic mass is 19.1. The van der Waals surface area contributed by atoms with Gasteiger partial charge in [-0.1, -0.05) is 0 Å². The Bertz CT molecular complexity index is 404. The van der Waals surface area contributed by atoms with Crippen LogP contribution in [0, 0.1) is 5.82 Å². The van der Waals surface area contributed by atoms with Gasteiger partial charge < -0.3 is 10.3 Å². The highest BCUT2D eigenvalue weighted by Crippen LogP contribution is 2.18. The number of amides is 1. The third-order valence-electron chi connectivity index (χ3n) is 2.65. The molecule has 2 heterocycles. The fraction of sp³-hybridized carbons (Fsp3) is 0.400. The fourth-order valence-corrected chi connectivity index (χ4v) is 1.80. The first-order valence-electron chi connectivity index (χ1n) is 5.14. The van der Waals surface area contributed by atoms with Crippen LogP contribution in [0.15, 0.2) is 12.3 Å². The van der Waals surface area contributed by atoms with Gasteiger partial charge in [-0.05, 0) is 18.9 Å². The van der Waals surface area contributed by atoms with Gasteiger partial charge in [-0.3, -0.25) is 4.79 Å². The molecule has 1 aromatic heterocycles. The first kappa shape index (κ1) is 10.8. The van der Waals surface area contributed by atoms with E-state index in [1.807, 2.05) is 0 Å². The van der Waals surface area contributed by atoms with Gasteiger partial charge in [0.05, 0.1) is 5.56 Å². The standard InChI is InChI=1S/C10H13FN4O/c11-8-7(3-4-13-9(8)14-12)10(16)15-5-1-2-6-15/h3-4H,1-2,5-6,12H2,(H,13,14). The lowest BCUT2D eigenvalue weighted by molar-refractivity contribution is 0.0788. The Morgan fingerprint density at radius 3 is 2.81 bits per heavy atom. The smallest absolute Gasteiger partial charge is 0.257 e. The number of rotatable bonds is 2. The predicted molar refractivity (Wildman–Crippen MR) is 57.1 cm³/mol. The van der Waals surface area contributed by atoms with Crippen LogP contribution in [0.3, 0.4) is 0 Å². The van der Waals surface area contributed by atoms with Crippen LogP contribution in [0.4, 0.5) is 10.2 Å². The van der Waals surface area contributed by atoms with Gasteiger partial charge in [0, 0.05) is 19.3 Å². The van der Waals surface area contributed by atoms with E-state index >= 15 is 0 Å². The highest BCUT2D eigenvalue weighted by molar-refractivity contribution is 5.95. The zero-order chi connectivity index (χ0) is 11.5. The van der Waals surface area contributed by atoms with Gasteiger partial charge in [-0.25, -0.2) is 15.2 Å². The summed E-state index contributed by atoms with van der Waals surface area (Å²) in [7, 11) is 0. The number of nitrogens with one attached hydrogen (secondary N) is 1. The summed E-state index contributed by atoms with van der Waals surface area (Å²) in [5.74, 6) is 4.00. The van der Waals surface area contributed by atoms with Gasteiger partial charge in [0.25, 0.3) is 5.91 Å². The van der Waals surface area contributed by atoms with Crippen molar-refractivity contribution in [1.29, 1.82) is 0 Å². The molecule has 0 saturated carbocycles. The first-order valence-corrected chi connectivity index (χ1v) is 5.14. The second-order valence-corrected chi connectivity index (χ2v) is 3.66. The quantitative estimate of drug-likeness (QED) is 0.574. The van der Waals surface area contributed by atoms with Gasteiger partial charge in [0.15, 0.2) is 11.6 Å². The molecule has 3 N–H and O–H groups in total. The number of hydrogen-bond acceptors (Lipinski definition) is 4. The van der Waals surface area contributed by atoms with Crippen molar-refractivity contribution in [2.45, 2.75) is 12.8 Å². The van der Waals surface area contributed by atoms with Gasteiger partial charge in [0.2, 0.25) is 0 Å². The third-order valence-corrected chi connectivity index (χ3v) is 2.65. The Morgan fingerprint density at radius 1 is 1.50 bits per heavy atom. The molecule has 6 heteroatoms. The minimum absolute atomic E-state index is 0.0184. The second kappa shape index (κ2) is 4.44. The summed E-state index contributed by atoms with van der Waals surface area (Å²) >= 11 is 0. The molecule has 0 bridgehead atoms. The number of nitrogen functional groups attached to an aromatic ring is 1. The second-order valence-electron chi connectivity index (χ2n) is 3.66. The molecule has 1 amide bonds. The largest absolute Gasteiger partial charge is 0.339 e. The molecule has 1 aliphatic rings. The monoisotopic (exact) mass is 224 g/mol. The summed E-state index contributed by atoms with van der Waals surface area (Å²) in [4.78, 5) is 17.2. The van der Waals surface area contributed by atoms with E-state index in [0.29, 0.717) is 13.1 Å². The summed E-state index contributed by atoms with van der Waals surface area (Å²) in [5, 5.41) is 0. The maximum atomic E-state index is 13.7. The summed E-state index contributed by atoms with van der Waals surface area (Å²) in [5.41, 5.74) is 2.14. The summed E-state index contributed by atoms with van der Waals surface area (Å²) in [6.45, 7) is 1.37. The van der Waals surface area contributed by atoms with Crippen LogP contribution in [0.1, 0.15) is 23.2 Å². The average molecular weight is 224 g/mol. The molecule has 0 spiro atoms. The van der Waals surface area contributed by atoms with Crippen molar-refractivity contribution in [2.75, 3.05) is 18.5 Å². The molecule has 0 aliphatic carbocycles. The number of likely N-dealkylation sites (tertiary alicyclic amines) is 1. The van der Waals surface area contributed by atoms with Crippen molar-refractivity contribution < 1.29 is 9.18 Å². The number of nitrogens with two attached hydrogens (primary N) is 1. The number of hydrazine groups is 1. The van der Waals surface area contributed by atoms with Gasteiger partial charge in [0.1, 0.15) is 0 Å². The lowest BCUT2D eigenvalue weighted by atomic mass is 10.2. The SMILES string of the molecule is NNc1nccc(C(=O)N2CCCC2)c1F. The van der Waals surface area contributed by atoms with Gasteiger partial charge in [-0.2, -0.15) is 0 Å². The van der Waals surface area contributed by atoms with Crippen LogP contribution in [0.5, 0.6) is 0 Å². The number of halogens is 1. The van der Waals surface area contributed by atoms with E-state index in [9.17, 15) is 9.18 Å². The molecule has 2 rings (SSSR count). The molecule has 1 saturated heterocycles. The van der Waals surface area contributed by atoms with Crippen molar-refractivity contribution in [3.63, 3.8) is 0 Å². The van der Waals surface area contributed by atoms with Crippen molar-refractivity contribution in [3.8, 4) is 0 Å².